The summed E-state index contributed by atoms with van der Waals surface area (Å²) in [5.74, 6) is 0.738. The van der Waals surface area contributed by atoms with Gasteiger partial charge in [-0.05, 0) is 18.9 Å². The second-order valence-electron chi connectivity index (χ2n) is 5.07. The molecule has 0 saturated carbocycles. The minimum Gasteiger partial charge on any atom is -0.367 e. The average molecular weight is 300 g/mol. The fraction of sp³-hybridized carbons (Fsp3) is 0.538. The molecular weight excluding hydrogens is 285 g/mol. The Morgan fingerprint density at radius 3 is 3.05 bits per heavy atom. The van der Waals surface area contributed by atoms with Gasteiger partial charge < -0.3 is 14.6 Å². The van der Waals surface area contributed by atoms with Crippen LogP contribution in [0.5, 0.6) is 0 Å². The lowest BCUT2D eigenvalue weighted by atomic mass is 10.1. The molecule has 0 radical (unpaired) electrons. The molecule has 0 bridgehead atoms. The molecule has 1 aliphatic rings. The lowest BCUT2D eigenvalue weighted by molar-refractivity contribution is -0.185. The number of aromatic nitrogens is 3. The van der Waals surface area contributed by atoms with Gasteiger partial charge in [0.15, 0.2) is 0 Å². The predicted molar refractivity (Wildman–Crippen MR) is 71.1 cm³/mol. The summed E-state index contributed by atoms with van der Waals surface area (Å²) in [6.45, 7) is -0.0363. The number of anilines is 1. The van der Waals surface area contributed by atoms with Gasteiger partial charge >= 0.3 is 6.18 Å². The monoisotopic (exact) mass is 300 g/mol. The molecule has 1 aliphatic heterocycles. The Balaban J connectivity index is 1.72. The number of alkyl halides is 3. The number of piperidine rings is 1. The van der Waals surface area contributed by atoms with Gasteiger partial charge in [-0.2, -0.15) is 13.2 Å². The van der Waals surface area contributed by atoms with Crippen LogP contribution in [0.1, 0.15) is 12.8 Å². The van der Waals surface area contributed by atoms with Crippen molar-refractivity contribution in [3.05, 3.63) is 18.6 Å². The van der Waals surface area contributed by atoms with Gasteiger partial charge in [0.2, 0.25) is 0 Å². The molecule has 0 spiro atoms. The number of rotatable bonds is 3. The second kappa shape index (κ2) is 5.51. The van der Waals surface area contributed by atoms with Crippen LogP contribution in [0.25, 0.3) is 11.0 Å². The summed E-state index contributed by atoms with van der Waals surface area (Å²) in [6.07, 6.45) is -0.0830. The fourth-order valence-corrected chi connectivity index (χ4v) is 2.59. The molecule has 1 fully saturated rings. The van der Waals surface area contributed by atoms with Gasteiger partial charge in [0, 0.05) is 19.3 Å². The number of nitrogens with one attached hydrogen (secondary N) is 1. The van der Waals surface area contributed by atoms with Gasteiger partial charge in [0.25, 0.3) is 0 Å². The van der Waals surface area contributed by atoms with E-state index in [9.17, 15) is 13.2 Å². The molecular formula is C13H15F3N4O. The smallest absolute Gasteiger partial charge is 0.367 e. The van der Waals surface area contributed by atoms with Crippen molar-refractivity contribution in [2.45, 2.75) is 25.1 Å². The van der Waals surface area contributed by atoms with E-state index in [4.69, 9.17) is 4.74 Å². The highest BCUT2D eigenvalue weighted by molar-refractivity contribution is 5.87. The van der Waals surface area contributed by atoms with E-state index in [2.05, 4.69) is 15.0 Å². The third kappa shape index (κ3) is 3.26. The van der Waals surface area contributed by atoms with Gasteiger partial charge in [-0.1, -0.05) is 0 Å². The molecule has 1 atom stereocenters. The first-order valence-corrected chi connectivity index (χ1v) is 6.74. The van der Waals surface area contributed by atoms with Crippen molar-refractivity contribution in [1.82, 2.24) is 15.0 Å². The maximum atomic E-state index is 12.2. The Bertz CT molecular complexity index is 613. The molecule has 0 amide bonds. The molecule has 2 aromatic heterocycles. The van der Waals surface area contributed by atoms with Crippen LogP contribution in [0.15, 0.2) is 18.6 Å². The van der Waals surface area contributed by atoms with E-state index < -0.39 is 18.9 Å². The van der Waals surface area contributed by atoms with Crippen LogP contribution < -0.4 is 4.90 Å². The van der Waals surface area contributed by atoms with E-state index in [0.29, 0.717) is 13.0 Å². The molecule has 2 aromatic rings. The first-order chi connectivity index (χ1) is 10.0. The summed E-state index contributed by atoms with van der Waals surface area (Å²) in [6, 6.07) is 1.87. The number of hydrogen-bond donors (Lipinski definition) is 1. The summed E-state index contributed by atoms with van der Waals surface area (Å²) in [5, 5.41) is 0.869. The zero-order chi connectivity index (χ0) is 14.9. The number of fused-ring (bicyclic) bond motifs is 1. The molecule has 1 saturated heterocycles. The Labute approximate surface area is 119 Å². The van der Waals surface area contributed by atoms with Crippen molar-refractivity contribution >= 4 is 16.9 Å². The lowest BCUT2D eigenvalue weighted by Crippen LogP contribution is -2.41. The van der Waals surface area contributed by atoms with Crippen molar-refractivity contribution in [3.8, 4) is 0 Å². The minimum atomic E-state index is -4.29. The first-order valence-electron chi connectivity index (χ1n) is 6.74. The first kappa shape index (κ1) is 14.1. The van der Waals surface area contributed by atoms with E-state index in [0.717, 1.165) is 29.8 Å². The topological polar surface area (TPSA) is 54.0 Å². The van der Waals surface area contributed by atoms with Crippen LogP contribution in [-0.4, -0.2) is 46.9 Å². The van der Waals surface area contributed by atoms with Crippen molar-refractivity contribution in [2.75, 3.05) is 24.6 Å². The molecule has 0 aliphatic carbocycles. The van der Waals surface area contributed by atoms with E-state index in [1.807, 2.05) is 11.0 Å². The maximum Gasteiger partial charge on any atom is 0.411 e. The molecule has 3 rings (SSSR count). The summed E-state index contributed by atoms with van der Waals surface area (Å²) >= 11 is 0. The van der Waals surface area contributed by atoms with Gasteiger partial charge in [-0.15, -0.1) is 0 Å². The zero-order valence-corrected chi connectivity index (χ0v) is 11.2. The highest BCUT2D eigenvalue weighted by Gasteiger charge is 2.31. The average Bonchev–Trinajstić information content (AvgIpc) is 2.93. The van der Waals surface area contributed by atoms with E-state index in [1.54, 1.807) is 6.20 Å². The number of hydrogen-bond acceptors (Lipinski definition) is 4. The molecule has 1 N–H and O–H groups in total. The summed E-state index contributed by atoms with van der Waals surface area (Å²) in [7, 11) is 0. The van der Waals surface area contributed by atoms with Gasteiger partial charge in [0.1, 0.15) is 24.4 Å². The highest BCUT2D eigenvalue weighted by atomic mass is 19.4. The molecule has 3 heterocycles. The maximum absolute atomic E-state index is 12.2. The molecule has 114 valence electrons. The van der Waals surface area contributed by atoms with Crippen molar-refractivity contribution < 1.29 is 17.9 Å². The summed E-state index contributed by atoms with van der Waals surface area (Å²) in [5.41, 5.74) is 0.721. The highest BCUT2D eigenvalue weighted by Crippen LogP contribution is 2.26. The SMILES string of the molecule is FC(F)(F)COC1CCCN(c2ncnc3[nH]ccc23)C1. The molecule has 0 aromatic carbocycles. The van der Waals surface area contributed by atoms with Crippen LogP contribution in [0.2, 0.25) is 0 Å². The Hall–Kier alpha value is -1.83. The van der Waals surface area contributed by atoms with Crippen LogP contribution in [-0.2, 0) is 4.74 Å². The number of nitrogens with zero attached hydrogens (tertiary/aromatic N) is 3. The van der Waals surface area contributed by atoms with Crippen LogP contribution in [0, 0.1) is 0 Å². The quantitative estimate of drug-likeness (QED) is 0.946. The number of halogens is 3. The second-order valence-corrected chi connectivity index (χ2v) is 5.07. The minimum absolute atomic E-state index is 0.410. The van der Waals surface area contributed by atoms with E-state index in [-0.39, 0.29) is 0 Å². The third-order valence-electron chi connectivity index (χ3n) is 3.49. The van der Waals surface area contributed by atoms with Crippen molar-refractivity contribution in [1.29, 1.82) is 0 Å². The Morgan fingerprint density at radius 2 is 2.24 bits per heavy atom. The summed E-state index contributed by atoms with van der Waals surface area (Å²) < 4.78 is 41.7. The van der Waals surface area contributed by atoms with Gasteiger partial charge in [0.05, 0.1) is 11.5 Å². The predicted octanol–water partition coefficient (Wildman–Crippen LogP) is 2.51. The van der Waals surface area contributed by atoms with Gasteiger partial charge in [-0.25, -0.2) is 9.97 Å². The molecule has 5 nitrogen and oxygen atoms in total. The van der Waals surface area contributed by atoms with E-state index >= 15 is 0 Å². The normalized spacial score (nSPS) is 20.1. The number of ether oxygens (including phenoxy) is 1. The van der Waals surface area contributed by atoms with Gasteiger partial charge in [-0.3, -0.25) is 0 Å². The van der Waals surface area contributed by atoms with Crippen LogP contribution in [0.3, 0.4) is 0 Å². The molecule has 21 heavy (non-hydrogen) atoms. The van der Waals surface area contributed by atoms with E-state index in [1.165, 1.54) is 6.33 Å². The zero-order valence-electron chi connectivity index (χ0n) is 11.2. The van der Waals surface area contributed by atoms with Crippen LogP contribution in [0.4, 0.5) is 19.0 Å². The van der Waals surface area contributed by atoms with Crippen molar-refractivity contribution in [2.24, 2.45) is 0 Å². The fourth-order valence-electron chi connectivity index (χ4n) is 2.59. The molecule has 1 unspecified atom stereocenters. The van der Waals surface area contributed by atoms with Crippen molar-refractivity contribution in [3.63, 3.8) is 0 Å². The largest absolute Gasteiger partial charge is 0.411 e. The van der Waals surface area contributed by atoms with Crippen LogP contribution >= 0.6 is 0 Å². The number of aromatic amines is 1. The Morgan fingerprint density at radius 1 is 1.38 bits per heavy atom. The number of H-pyrrole nitrogens is 1. The lowest BCUT2D eigenvalue weighted by Gasteiger charge is -2.33. The third-order valence-corrected chi connectivity index (χ3v) is 3.49. The Kier molecular flexibility index (Phi) is 3.71. The standard InChI is InChI=1S/C13H15F3N4O/c14-13(15,16)7-21-9-2-1-5-20(6-9)12-10-3-4-17-11(10)18-8-19-12/h3-4,8-9H,1-2,5-7H2,(H,17,18,19). The molecule has 8 heteroatoms. The summed E-state index contributed by atoms with van der Waals surface area (Å²) in [4.78, 5) is 13.3.